The highest BCUT2D eigenvalue weighted by Gasteiger charge is 2.38. The first-order valence-electron chi connectivity index (χ1n) is 12.3. The lowest BCUT2D eigenvalue weighted by molar-refractivity contribution is -0.133. The molecule has 0 aromatic heterocycles. The van der Waals surface area contributed by atoms with E-state index in [1.807, 2.05) is 24.1 Å². The SMILES string of the molecule is CC(C=CC(=O)O)=Nc1ccc2c(c1)C(N(C)C(=O)Cc1ccc(Cl)c(Cl)c1)C(N1CCCC1)CC2. The van der Waals surface area contributed by atoms with Gasteiger partial charge < -0.3 is 10.0 Å². The number of aliphatic carboxylic acids is 1. The van der Waals surface area contributed by atoms with E-state index in [4.69, 9.17) is 28.3 Å². The topological polar surface area (TPSA) is 73.2 Å². The summed E-state index contributed by atoms with van der Waals surface area (Å²) in [6.45, 7) is 3.86. The molecule has 36 heavy (non-hydrogen) atoms. The Bertz CT molecular complexity index is 1200. The fraction of sp³-hybridized carbons (Fsp3) is 0.393. The van der Waals surface area contributed by atoms with E-state index in [9.17, 15) is 9.59 Å². The molecule has 1 heterocycles. The minimum Gasteiger partial charge on any atom is -0.478 e. The van der Waals surface area contributed by atoms with Crippen molar-refractivity contribution in [2.45, 2.75) is 51.1 Å². The van der Waals surface area contributed by atoms with Crippen LogP contribution in [-0.4, -0.2) is 58.7 Å². The minimum atomic E-state index is -1.01. The molecule has 2 unspecified atom stereocenters. The van der Waals surface area contributed by atoms with Gasteiger partial charge in [-0.1, -0.05) is 35.3 Å². The Morgan fingerprint density at radius 1 is 1.11 bits per heavy atom. The molecule has 2 aliphatic rings. The average molecular weight is 528 g/mol. The van der Waals surface area contributed by atoms with Gasteiger partial charge in [0, 0.05) is 24.9 Å². The first-order valence-corrected chi connectivity index (χ1v) is 13.0. The number of hydrogen-bond donors (Lipinski definition) is 1. The van der Waals surface area contributed by atoms with Gasteiger partial charge in [0.05, 0.1) is 28.2 Å². The van der Waals surface area contributed by atoms with Crippen LogP contribution < -0.4 is 0 Å². The van der Waals surface area contributed by atoms with Gasteiger partial charge in [0.25, 0.3) is 0 Å². The molecule has 0 spiro atoms. The van der Waals surface area contributed by atoms with Crippen molar-refractivity contribution < 1.29 is 14.7 Å². The number of aliphatic imine (C=N–C) groups is 1. The number of fused-ring (bicyclic) bond motifs is 1. The smallest absolute Gasteiger partial charge is 0.328 e. The van der Waals surface area contributed by atoms with E-state index in [2.05, 4.69) is 22.0 Å². The number of halogens is 2. The number of aryl methyl sites for hydroxylation is 1. The van der Waals surface area contributed by atoms with Crippen molar-refractivity contribution >= 4 is 46.5 Å². The first-order chi connectivity index (χ1) is 17.2. The Labute approximate surface area is 222 Å². The molecule has 8 heteroatoms. The standard InChI is InChI=1S/C28H31Cl2N3O3/c1-18(5-12-27(35)36)31-21-9-7-20-8-11-25(33-13-3-4-14-33)28(22(20)17-21)32(2)26(34)16-19-6-10-23(29)24(30)15-19/h5-7,9-10,12,15,17,25,28H,3-4,8,11,13-14,16H2,1-2H3,(H,35,36). The zero-order valence-electron chi connectivity index (χ0n) is 20.6. The van der Waals surface area contributed by atoms with Crippen molar-refractivity contribution in [3.05, 3.63) is 75.3 Å². The van der Waals surface area contributed by atoms with Crippen LogP contribution in [0.15, 0.2) is 53.5 Å². The van der Waals surface area contributed by atoms with Crippen molar-refractivity contribution in [3.8, 4) is 0 Å². The second-order valence-corrected chi connectivity index (χ2v) is 10.3. The number of likely N-dealkylation sites (tertiary alicyclic amines) is 1. The van der Waals surface area contributed by atoms with Crippen LogP contribution in [0.5, 0.6) is 0 Å². The molecule has 0 saturated carbocycles. The van der Waals surface area contributed by atoms with Crippen LogP contribution in [0.25, 0.3) is 0 Å². The Hall–Kier alpha value is -2.67. The lowest BCUT2D eigenvalue weighted by Crippen LogP contribution is -2.48. The molecular formula is C28H31Cl2N3O3. The summed E-state index contributed by atoms with van der Waals surface area (Å²) in [6, 6.07) is 11.6. The maximum atomic E-state index is 13.5. The summed E-state index contributed by atoms with van der Waals surface area (Å²) < 4.78 is 0. The fourth-order valence-electron chi connectivity index (χ4n) is 5.28. The summed E-state index contributed by atoms with van der Waals surface area (Å²) in [4.78, 5) is 33.4. The van der Waals surface area contributed by atoms with Crippen LogP contribution >= 0.6 is 23.2 Å². The number of carbonyl (C=O) groups excluding carboxylic acids is 1. The van der Waals surface area contributed by atoms with E-state index in [1.54, 1.807) is 19.1 Å². The Kier molecular flexibility index (Phi) is 8.50. The molecule has 2 atom stereocenters. The molecule has 1 aliphatic carbocycles. The van der Waals surface area contributed by atoms with Gasteiger partial charge in [-0.3, -0.25) is 14.7 Å². The van der Waals surface area contributed by atoms with Gasteiger partial charge in [0.15, 0.2) is 0 Å². The van der Waals surface area contributed by atoms with E-state index >= 15 is 0 Å². The number of carbonyl (C=O) groups is 2. The number of benzene rings is 2. The number of allylic oxidation sites excluding steroid dienone is 1. The third kappa shape index (κ3) is 6.17. The molecular weight excluding hydrogens is 497 g/mol. The fourth-order valence-corrected chi connectivity index (χ4v) is 5.60. The zero-order valence-corrected chi connectivity index (χ0v) is 22.1. The number of hydrogen-bond acceptors (Lipinski definition) is 4. The molecule has 2 aromatic carbocycles. The summed E-state index contributed by atoms with van der Waals surface area (Å²) in [6.07, 6.45) is 7.10. The molecule has 2 aromatic rings. The highest BCUT2D eigenvalue weighted by atomic mass is 35.5. The number of carboxylic acids is 1. The van der Waals surface area contributed by atoms with Crippen LogP contribution in [0.2, 0.25) is 10.0 Å². The molecule has 4 rings (SSSR count). The predicted molar refractivity (Wildman–Crippen MR) is 145 cm³/mol. The Morgan fingerprint density at radius 2 is 1.86 bits per heavy atom. The maximum absolute atomic E-state index is 13.5. The third-order valence-electron chi connectivity index (χ3n) is 7.05. The zero-order chi connectivity index (χ0) is 25.8. The quantitative estimate of drug-likeness (QED) is 0.360. The van der Waals surface area contributed by atoms with Crippen LogP contribution in [-0.2, 0) is 22.4 Å². The van der Waals surface area contributed by atoms with Gasteiger partial charge in [0.1, 0.15) is 0 Å². The molecule has 1 fully saturated rings. The largest absolute Gasteiger partial charge is 0.478 e. The van der Waals surface area contributed by atoms with E-state index in [1.165, 1.54) is 24.5 Å². The molecule has 1 aliphatic heterocycles. The lowest BCUT2D eigenvalue weighted by atomic mass is 9.82. The summed E-state index contributed by atoms with van der Waals surface area (Å²) in [5.74, 6) is -0.990. The minimum absolute atomic E-state index is 0.0184. The molecule has 190 valence electrons. The summed E-state index contributed by atoms with van der Waals surface area (Å²) in [5.41, 5.74) is 4.51. The van der Waals surface area contributed by atoms with Crippen molar-refractivity contribution in [2.24, 2.45) is 4.99 Å². The van der Waals surface area contributed by atoms with Gasteiger partial charge in [-0.15, -0.1) is 0 Å². The van der Waals surface area contributed by atoms with Crippen LogP contribution in [0.4, 0.5) is 5.69 Å². The second kappa shape index (κ2) is 11.6. The van der Waals surface area contributed by atoms with E-state index in [0.717, 1.165) is 48.8 Å². The third-order valence-corrected chi connectivity index (χ3v) is 7.79. The van der Waals surface area contributed by atoms with Crippen molar-refractivity contribution in [1.29, 1.82) is 0 Å². The van der Waals surface area contributed by atoms with Crippen molar-refractivity contribution in [2.75, 3.05) is 20.1 Å². The number of likely N-dealkylation sites (N-methyl/N-ethyl adjacent to an activating group) is 1. The Morgan fingerprint density at radius 3 is 2.56 bits per heavy atom. The summed E-state index contributed by atoms with van der Waals surface area (Å²) >= 11 is 12.2. The van der Waals surface area contributed by atoms with E-state index in [0.29, 0.717) is 15.8 Å². The highest BCUT2D eigenvalue weighted by molar-refractivity contribution is 6.42. The van der Waals surface area contributed by atoms with E-state index < -0.39 is 5.97 Å². The van der Waals surface area contributed by atoms with Gasteiger partial charge in [-0.05, 0) is 92.7 Å². The van der Waals surface area contributed by atoms with Crippen LogP contribution in [0.1, 0.15) is 48.9 Å². The number of amides is 1. The monoisotopic (exact) mass is 527 g/mol. The highest BCUT2D eigenvalue weighted by Crippen LogP contribution is 2.40. The number of rotatable bonds is 7. The van der Waals surface area contributed by atoms with Gasteiger partial charge in [-0.2, -0.15) is 0 Å². The van der Waals surface area contributed by atoms with Gasteiger partial charge >= 0.3 is 5.97 Å². The lowest BCUT2D eigenvalue weighted by Gasteiger charge is -2.43. The second-order valence-electron chi connectivity index (χ2n) is 9.53. The van der Waals surface area contributed by atoms with Crippen molar-refractivity contribution in [1.82, 2.24) is 9.80 Å². The molecule has 6 nitrogen and oxygen atoms in total. The van der Waals surface area contributed by atoms with Crippen LogP contribution in [0.3, 0.4) is 0 Å². The van der Waals surface area contributed by atoms with Crippen LogP contribution in [0, 0.1) is 0 Å². The first kappa shape index (κ1) is 26.4. The van der Waals surface area contributed by atoms with Crippen molar-refractivity contribution in [3.63, 3.8) is 0 Å². The normalized spacial score (nSPS) is 20.5. The molecule has 1 amide bonds. The predicted octanol–water partition coefficient (Wildman–Crippen LogP) is 5.88. The number of carboxylic acid groups (broad SMARTS) is 1. The average Bonchev–Trinajstić information content (AvgIpc) is 3.38. The summed E-state index contributed by atoms with van der Waals surface area (Å²) in [5, 5.41) is 9.82. The number of nitrogens with zero attached hydrogens (tertiary/aromatic N) is 3. The van der Waals surface area contributed by atoms with E-state index in [-0.39, 0.29) is 24.4 Å². The summed E-state index contributed by atoms with van der Waals surface area (Å²) in [7, 11) is 1.89. The molecule has 0 bridgehead atoms. The van der Waals surface area contributed by atoms with Gasteiger partial charge in [0.2, 0.25) is 5.91 Å². The molecule has 1 saturated heterocycles. The van der Waals surface area contributed by atoms with Gasteiger partial charge in [-0.25, -0.2) is 4.79 Å². The molecule has 1 N–H and O–H groups in total. The maximum Gasteiger partial charge on any atom is 0.328 e. The molecule has 0 radical (unpaired) electrons. The Balaban J connectivity index is 1.66.